The van der Waals surface area contributed by atoms with Crippen molar-refractivity contribution >= 4 is 29.3 Å². The highest BCUT2D eigenvalue weighted by Gasteiger charge is 2.55. The van der Waals surface area contributed by atoms with Crippen molar-refractivity contribution in [1.29, 1.82) is 0 Å². The molecular weight excluding hydrogens is 574 g/mol. The molecule has 230 valence electrons. The Labute approximate surface area is 244 Å². The van der Waals surface area contributed by atoms with Gasteiger partial charge < -0.3 is 25.8 Å². The number of nitrogens with zero attached hydrogens (tertiary/aromatic N) is 2. The molecule has 0 radical (unpaired) electrons. The highest BCUT2D eigenvalue weighted by molar-refractivity contribution is 6.02. The Bertz CT molecular complexity index is 1460. The number of carbonyl (C=O) groups excluding carboxylic acids is 2. The van der Waals surface area contributed by atoms with E-state index in [4.69, 9.17) is 4.74 Å². The highest BCUT2D eigenvalue weighted by Crippen LogP contribution is 2.59. The lowest BCUT2D eigenvalue weighted by Crippen LogP contribution is -2.54. The van der Waals surface area contributed by atoms with Crippen LogP contribution in [0.4, 0.5) is 29.1 Å². The number of carboxylic acid groups (broad SMARTS) is 1. The SMILES string of the molecule is COc1ncnc(NC2CC3(C2)CC(C(=O)O)C3)c1C(=O)NC1C2CC[C@H](C2)C1C(=O)Nc1ccc(F)c(C(F)(F)F)c1. The van der Waals surface area contributed by atoms with E-state index in [1.165, 1.54) is 13.4 Å². The van der Waals surface area contributed by atoms with Crippen LogP contribution in [0.3, 0.4) is 0 Å². The van der Waals surface area contributed by atoms with Crippen molar-refractivity contribution in [3.8, 4) is 5.88 Å². The third-order valence-corrected chi connectivity index (χ3v) is 9.70. The fraction of sp³-hybridized carbons (Fsp3) is 0.552. The number of amides is 2. The van der Waals surface area contributed by atoms with Crippen molar-refractivity contribution < 1.29 is 41.8 Å². The summed E-state index contributed by atoms with van der Waals surface area (Å²) in [6.07, 6.45) is 1.29. The van der Waals surface area contributed by atoms with Crippen LogP contribution in [-0.2, 0) is 15.8 Å². The van der Waals surface area contributed by atoms with Crippen molar-refractivity contribution in [3.05, 3.63) is 41.5 Å². The number of alkyl halides is 3. The molecule has 14 heteroatoms. The highest BCUT2D eigenvalue weighted by atomic mass is 19.4. The number of anilines is 2. The first-order valence-electron chi connectivity index (χ1n) is 14.2. The maximum atomic E-state index is 13.8. The van der Waals surface area contributed by atoms with Crippen LogP contribution >= 0.6 is 0 Å². The van der Waals surface area contributed by atoms with Gasteiger partial charge in [0.1, 0.15) is 23.5 Å². The Hall–Kier alpha value is -3.97. The minimum Gasteiger partial charge on any atom is -0.481 e. The predicted molar refractivity (Wildman–Crippen MR) is 144 cm³/mol. The zero-order valence-electron chi connectivity index (χ0n) is 23.2. The number of ether oxygens (including phenoxy) is 1. The van der Waals surface area contributed by atoms with Gasteiger partial charge in [-0.15, -0.1) is 0 Å². The number of nitrogens with one attached hydrogen (secondary N) is 3. The van der Waals surface area contributed by atoms with Gasteiger partial charge in [0.25, 0.3) is 5.91 Å². The van der Waals surface area contributed by atoms with Gasteiger partial charge in [-0.2, -0.15) is 13.2 Å². The van der Waals surface area contributed by atoms with Crippen LogP contribution in [0.15, 0.2) is 24.5 Å². The summed E-state index contributed by atoms with van der Waals surface area (Å²) in [6.45, 7) is 0. The Kier molecular flexibility index (Phi) is 7.20. The van der Waals surface area contributed by atoms with Gasteiger partial charge in [0.05, 0.1) is 24.5 Å². The zero-order valence-corrected chi connectivity index (χ0v) is 23.2. The molecule has 4 fully saturated rings. The van der Waals surface area contributed by atoms with Crippen LogP contribution in [0.2, 0.25) is 0 Å². The summed E-state index contributed by atoms with van der Waals surface area (Å²) in [5.41, 5.74) is -1.60. The summed E-state index contributed by atoms with van der Waals surface area (Å²) in [5, 5.41) is 17.9. The normalized spacial score (nSPS) is 30.7. The number of fused-ring (bicyclic) bond motifs is 2. The summed E-state index contributed by atoms with van der Waals surface area (Å²) in [6, 6.07) is 1.69. The minimum atomic E-state index is -4.92. The maximum absolute atomic E-state index is 13.8. The van der Waals surface area contributed by atoms with Crippen LogP contribution in [-0.4, -0.2) is 52.1 Å². The number of benzene rings is 1. The standard InChI is InChI=1S/C29H31F4N5O5/c1-43-26-21(23(34-12-35-26)36-17-10-28(11-17)8-15(9-28)27(41)42)25(40)38-22-14-3-2-13(6-14)20(22)24(39)37-16-4-5-19(30)18(7-16)29(31,32)33/h4-5,7,12-15,17,20,22H,2-3,6,8-11H2,1H3,(H,37,39)(H,38,40)(H,41,42)(H,34,35,36)/t13-,14?,15?,17?,20?,22?,28?/m1/s1. The third kappa shape index (κ3) is 5.35. The monoisotopic (exact) mass is 605 g/mol. The van der Waals surface area contributed by atoms with Gasteiger partial charge in [-0.25, -0.2) is 14.4 Å². The molecule has 6 rings (SSSR count). The number of hydrogen-bond donors (Lipinski definition) is 4. The molecule has 0 aliphatic heterocycles. The van der Waals surface area contributed by atoms with Crippen LogP contribution in [0.1, 0.15) is 60.9 Å². The smallest absolute Gasteiger partial charge is 0.419 e. The molecule has 3 unspecified atom stereocenters. The van der Waals surface area contributed by atoms with Crippen LogP contribution < -0.4 is 20.7 Å². The molecule has 4 saturated carbocycles. The van der Waals surface area contributed by atoms with E-state index < -0.39 is 47.3 Å². The van der Waals surface area contributed by atoms with Gasteiger partial charge in [0.15, 0.2) is 0 Å². The minimum absolute atomic E-state index is 0.00465. The molecule has 2 bridgehead atoms. The zero-order chi connectivity index (χ0) is 30.7. The van der Waals surface area contributed by atoms with Gasteiger partial charge in [-0.3, -0.25) is 14.4 Å². The van der Waals surface area contributed by atoms with Crippen LogP contribution in [0.25, 0.3) is 0 Å². The van der Waals surface area contributed by atoms with Gasteiger partial charge in [0.2, 0.25) is 11.8 Å². The number of carboxylic acids is 1. The van der Waals surface area contributed by atoms with E-state index in [0.717, 1.165) is 31.7 Å². The average molecular weight is 606 g/mol. The Balaban J connectivity index is 1.17. The Morgan fingerprint density at radius 3 is 2.47 bits per heavy atom. The quantitative estimate of drug-likeness (QED) is 0.323. The second-order valence-corrected chi connectivity index (χ2v) is 12.3. The second-order valence-electron chi connectivity index (χ2n) is 12.3. The van der Waals surface area contributed by atoms with Crippen molar-refractivity contribution in [2.75, 3.05) is 17.7 Å². The molecule has 0 saturated heterocycles. The molecule has 1 heterocycles. The number of hydrogen-bond acceptors (Lipinski definition) is 7. The molecule has 1 aromatic heterocycles. The summed E-state index contributed by atoms with van der Waals surface area (Å²) in [4.78, 5) is 46.7. The molecule has 1 aromatic carbocycles. The van der Waals surface area contributed by atoms with Crippen molar-refractivity contribution in [3.63, 3.8) is 0 Å². The molecule has 2 aromatic rings. The van der Waals surface area contributed by atoms with Gasteiger partial charge in [0, 0.05) is 17.8 Å². The van der Waals surface area contributed by atoms with Crippen LogP contribution in [0, 0.1) is 34.9 Å². The first kappa shape index (κ1) is 29.1. The van der Waals surface area contributed by atoms with Crippen molar-refractivity contribution in [2.24, 2.45) is 29.1 Å². The molecule has 4 aliphatic carbocycles. The lowest BCUT2D eigenvalue weighted by atomic mass is 9.50. The maximum Gasteiger partial charge on any atom is 0.419 e. The molecule has 10 nitrogen and oxygen atoms in total. The van der Waals surface area contributed by atoms with Crippen molar-refractivity contribution in [2.45, 2.75) is 63.2 Å². The summed E-state index contributed by atoms with van der Waals surface area (Å²) in [5.74, 6) is -4.14. The van der Waals surface area contributed by atoms with E-state index in [2.05, 4.69) is 25.9 Å². The summed E-state index contributed by atoms with van der Waals surface area (Å²) >= 11 is 0. The molecule has 43 heavy (non-hydrogen) atoms. The molecule has 4 atom stereocenters. The third-order valence-electron chi connectivity index (χ3n) is 9.70. The van der Waals surface area contributed by atoms with E-state index in [1.54, 1.807) is 0 Å². The molecule has 2 amide bonds. The number of rotatable bonds is 8. The van der Waals surface area contributed by atoms with Gasteiger partial charge in [-0.05, 0) is 80.4 Å². The van der Waals surface area contributed by atoms with E-state index >= 15 is 0 Å². The molecule has 1 spiro atoms. The first-order chi connectivity index (χ1) is 20.4. The number of carbonyl (C=O) groups is 3. The first-order valence-corrected chi connectivity index (χ1v) is 14.2. The summed E-state index contributed by atoms with van der Waals surface area (Å²) < 4.78 is 58.8. The number of methoxy groups -OCH3 is 1. The number of halogens is 4. The van der Waals surface area contributed by atoms with Crippen LogP contribution in [0.5, 0.6) is 5.88 Å². The lowest BCUT2D eigenvalue weighted by molar-refractivity contribution is -0.154. The topological polar surface area (TPSA) is 143 Å². The number of aromatic nitrogens is 2. The summed E-state index contributed by atoms with van der Waals surface area (Å²) in [7, 11) is 1.37. The number of aliphatic carboxylic acids is 1. The fourth-order valence-electron chi connectivity index (χ4n) is 7.76. The molecule has 4 N–H and O–H groups in total. The Morgan fingerprint density at radius 1 is 1.07 bits per heavy atom. The van der Waals surface area contributed by atoms with Gasteiger partial charge >= 0.3 is 12.1 Å². The fourth-order valence-corrected chi connectivity index (χ4v) is 7.76. The Morgan fingerprint density at radius 2 is 1.79 bits per heavy atom. The predicted octanol–water partition coefficient (Wildman–Crippen LogP) is 4.48. The average Bonchev–Trinajstić information content (AvgIpc) is 3.51. The van der Waals surface area contributed by atoms with Crippen molar-refractivity contribution in [1.82, 2.24) is 15.3 Å². The second kappa shape index (κ2) is 10.6. The lowest BCUT2D eigenvalue weighted by Gasteiger charge is -2.56. The largest absolute Gasteiger partial charge is 0.481 e. The molecule has 4 aliphatic rings. The van der Waals surface area contributed by atoms with Gasteiger partial charge in [-0.1, -0.05) is 0 Å². The van der Waals surface area contributed by atoms with E-state index in [-0.39, 0.29) is 52.2 Å². The van der Waals surface area contributed by atoms with E-state index in [0.29, 0.717) is 31.4 Å². The van der Waals surface area contributed by atoms with E-state index in [9.17, 15) is 37.1 Å². The molecular formula is C29H31F4N5O5. The van der Waals surface area contributed by atoms with E-state index in [1.807, 2.05) is 0 Å².